The Kier molecular flexibility index (Phi) is 4.30. The van der Waals surface area contributed by atoms with Crippen LogP contribution in [0.3, 0.4) is 0 Å². The highest BCUT2D eigenvalue weighted by Gasteiger charge is 2.37. The molecule has 0 radical (unpaired) electrons. The maximum Gasteiger partial charge on any atom is 0.0705 e. The molecular weight excluding hydrogens is 374 g/mol. The lowest BCUT2D eigenvalue weighted by atomic mass is 9.63. The molecule has 1 aliphatic carbocycles. The van der Waals surface area contributed by atoms with Crippen molar-refractivity contribution in [2.75, 3.05) is 0 Å². The third-order valence-corrected chi connectivity index (χ3v) is 7.11. The van der Waals surface area contributed by atoms with Crippen LogP contribution in [0, 0.1) is 6.85 Å². The number of aromatic nitrogens is 1. The summed E-state index contributed by atoms with van der Waals surface area (Å²) in [6, 6.07) is 16.4. The molecule has 162 valence electrons. The van der Waals surface area contributed by atoms with E-state index in [0.717, 1.165) is 35.2 Å². The third kappa shape index (κ3) is 4.07. The molecule has 0 saturated heterocycles. The molecule has 1 nitrogen and oxygen atoms in total. The van der Waals surface area contributed by atoms with Crippen molar-refractivity contribution in [3.8, 4) is 22.4 Å². The van der Waals surface area contributed by atoms with Crippen LogP contribution < -0.4 is 0 Å². The van der Waals surface area contributed by atoms with Crippen molar-refractivity contribution in [2.45, 2.75) is 84.4 Å². The van der Waals surface area contributed by atoms with Gasteiger partial charge in [0.05, 0.1) is 5.69 Å². The normalized spacial score (nSPS) is 19.1. The highest BCUT2D eigenvalue weighted by atomic mass is 14.7. The number of fused-ring (bicyclic) bond motifs is 1. The molecule has 3 aromatic rings. The fourth-order valence-corrected chi connectivity index (χ4v) is 4.75. The fourth-order valence-electron chi connectivity index (χ4n) is 4.75. The molecule has 2 aromatic carbocycles. The standard InChI is InChI=1S/C30H37N/c1-20-9-10-22(27-19-23(13-16-31-27)28(2,3)4)17-24(20)21-11-12-25-26(18-21)30(7,8)15-14-29(25,5)6/h9-13,16-19H,14-15H2,1-8H3/i1D3. The highest BCUT2D eigenvalue weighted by molar-refractivity contribution is 5.75. The SMILES string of the molecule is [2H]C([2H])([2H])c1ccc(-c2cc(C(C)(C)C)ccn2)cc1-c1ccc2c(c1)C(C)(C)CCC2(C)C. The smallest absolute Gasteiger partial charge is 0.0705 e. The van der Waals surface area contributed by atoms with Crippen LogP contribution in [-0.4, -0.2) is 4.98 Å². The minimum Gasteiger partial charge on any atom is -0.256 e. The Balaban J connectivity index is 1.92. The molecule has 0 spiro atoms. The van der Waals surface area contributed by atoms with E-state index in [1.54, 1.807) is 6.07 Å². The molecule has 0 atom stereocenters. The van der Waals surface area contributed by atoms with Crippen molar-refractivity contribution in [1.82, 2.24) is 4.98 Å². The Morgan fingerprint density at radius 3 is 2.16 bits per heavy atom. The Hall–Kier alpha value is -2.41. The van der Waals surface area contributed by atoms with Gasteiger partial charge in [0.2, 0.25) is 0 Å². The lowest BCUT2D eigenvalue weighted by molar-refractivity contribution is 0.332. The first-order valence-electron chi connectivity index (χ1n) is 12.9. The molecule has 1 heterocycles. The second-order valence-electron chi connectivity index (χ2n) is 11.5. The first kappa shape index (κ1) is 18.2. The van der Waals surface area contributed by atoms with Crippen molar-refractivity contribution in [2.24, 2.45) is 0 Å². The van der Waals surface area contributed by atoms with Gasteiger partial charge in [0.25, 0.3) is 0 Å². The maximum atomic E-state index is 8.20. The van der Waals surface area contributed by atoms with Crippen LogP contribution in [-0.2, 0) is 16.2 Å². The zero-order valence-corrected chi connectivity index (χ0v) is 20.1. The molecular formula is C30H37N. The van der Waals surface area contributed by atoms with E-state index in [-0.39, 0.29) is 16.2 Å². The fraction of sp³-hybridized carbons (Fsp3) is 0.433. The third-order valence-electron chi connectivity index (χ3n) is 7.11. The molecule has 0 saturated carbocycles. The summed E-state index contributed by atoms with van der Waals surface area (Å²) in [5, 5.41) is 0. The van der Waals surface area contributed by atoms with Crippen molar-refractivity contribution in [3.63, 3.8) is 0 Å². The Bertz CT molecular complexity index is 1230. The zero-order chi connectivity index (χ0) is 25.1. The van der Waals surface area contributed by atoms with Gasteiger partial charge in [-0.05, 0) is 87.5 Å². The van der Waals surface area contributed by atoms with Crippen LogP contribution in [0.4, 0.5) is 0 Å². The van der Waals surface area contributed by atoms with E-state index in [9.17, 15) is 0 Å². The quantitative estimate of drug-likeness (QED) is 0.410. The average molecular weight is 415 g/mol. The van der Waals surface area contributed by atoms with Gasteiger partial charge in [0.1, 0.15) is 0 Å². The number of pyridine rings is 1. The summed E-state index contributed by atoms with van der Waals surface area (Å²) in [6.07, 6.45) is 4.11. The van der Waals surface area contributed by atoms with E-state index < -0.39 is 6.85 Å². The van der Waals surface area contributed by atoms with Gasteiger partial charge >= 0.3 is 0 Å². The molecule has 0 bridgehead atoms. The predicted octanol–water partition coefficient (Wildman–Crippen LogP) is 8.37. The van der Waals surface area contributed by atoms with Gasteiger partial charge in [-0.1, -0.05) is 78.8 Å². The molecule has 1 aromatic heterocycles. The molecule has 0 amide bonds. The monoisotopic (exact) mass is 414 g/mol. The number of aryl methyl sites for hydroxylation is 1. The van der Waals surface area contributed by atoms with E-state index in [2.05, 4.69) is 83.8 Å². The van der Waals surface area contributed by atoms with Crippen LogP contribution in [0.2, 0.25) is 0 Å². The van der Waals surface area contributed by atoms with Gasteiger partial charge in [-0.25, -0.2) is 0 Å². The molecule has 0 aliphatic heterocycles. The van der Waals surface area contributed by atoms with Crippen LogP contribution >= 0.6 is 0 Å². The van der Waals surface area contributed by atoms with E-state index >= 15 is 0 Å². The number of hydrogen-bond acceptors (Lipinski definition) is 1. The van der Waals surface area contributed by atoms with Crippen molar-refractivity contribution in [1.29, 1.82) is 0 Å². The molecule has 0 unspecified atom stereocenters. The second-order valence-corrected chi connectivity index (χ2v) is 11.5. The molecule has 1 heteroatoms. The Morgan fingerprint density at radius 2 is 1.48 bits per heavy atom. The molecule has 0 fully saturated rings. The average Bonchev–Trinajstić information content (AvgIpc) is 2.75. The lowest BCUT2D eigenvalue weighted by Crippen LogP contribution is -2.33. The summed E-state index contributed by atoms with van der Waals surface area (Å²) < 4.78 is 24.6. The first-order valence-corrected chi connectivity index (χ1v) is 11.4. The van der Waals surface area contributed by atoms with Gasteiger partial charge in [0.15, 0.2) is 0 Å². The molecule has 31 heavy (non-hydrogen) atoms. The first-order chi connectivity index (χ1) is 15.6. The largest absolute Gasteiger partial charge is 0.256 e. The predicted molar refractivity (Wildman–Crippen MR) is 134 cm³/mol. The van der Waals surface area contributed by atoms with Crippen molar-refractivity contribution < 1.29 is 4.11 Å². The molecule has 0 N–H and O–H groups in total. The molecule has 1 aliphatic rings. The summed E-state index contributed by atoms with van der Waals surface area (Å²) in [5.74, 6) is 0. The van der Waals surface area contributed by atoms with Crippen LogP contribution in [0.15, 0.2) is 54.7 Å². The van der Waals surface area contributed by atoms with E-state index in [1.165, 1.54) is 16.7 Å². The number of rotatable bonds is 2. The minimum atomic E-state index is -2.20. The summed E-state index contributed by atoms with van der Waals surface area (Å²) in [6.45, 7) is 13.6. The van der Waals surface area contributed by atoms with Gasteiger partial charge in [-0.2, -0.15) is 0 Å². The summed E-state index contributed by atoms with van der Waals surface area (Å²) in [5.41, 5.74) is 8.01. The van der Waals surface area contributed by atoms with Crippen LogP contribution in [0.5, 0.6) is 0 Å². The highest BCUT2D eigenvalue weighted by Crippen LogP contribution is 2.47. The van der Waals surface area contributed by atoms with E-state index in [0.29, 0.717) is 5.56 Å². The minimum absolute atomic E-state index is 0.00995. The topological polar surface area (TPSA) is 12.9 Å². The summed E-state index contributed by atoms with van der Waals surface area (Å²) in [4.78, 5) is 4.62. The maximum absolute atomic E-state index is 8.20. The van der Waals surface area contributed by atoms with Crippen molar-refractivity contribution in [3.05, 3.63) is 77.0 Å². The van der Waals surface area contributed by atoms with Crippen LogP contribution in [0.25, 0.3) is 22.4 Å². The van der Waals surface area contributed by atoms with E-state index in [1.807, 2.05) is 18.3 Å². The Labute approximate surface area is 193 Å². The van der Waals surface area contributed by atoms with Crippen molar-refractivity contribution >= 4 is 0 Å². The number of benzene rings is 2. The number of hydrogen-bond donors (Lipinski definition) is 0. The summed E-state index contributed by atoms with van der Waals surface area (Å²) >= 11 is 0. The van der Waals surface area contributed by atoms with Crippen LogP contribution in [0.1, 0.15) is 87.7 Å². The zero-order valence-electron chi connectivity index (χ0n) is 23.1. The summed E-state index contributed by atoms with van der Waals surface area (Å²) in [7, 11) is 0. The second kappa shape index (κ2) is 7.33. The van der Waals surface area contributed by atoms with Gasteiger partial charge in [-0.3, -0.25) is 4.98 Å². The van der Waals surface area contributed by atoms with Gasteiger partial charge in [-0.15, -0.1) is 0 Å². The lowest BCUT2D eigenvalue weighted by Gasteiger charge is -2.42. The van der Waals surface area contributed by atoms with Gasteiger partial charge < -0.3 is 0 Å². The number of nitrogens with zero attached hydrogens (tertiary/aromatic N) is 1. The Morgan fingerprint density at radius 1 is 0.806 bits per heavy atom. The van der Waals surface area contributed by atoms with Gasteiger partial charge in [0, 0.05) is 15.9 Å². The van der Waals surface area contributed by atoms with E-state index in [4.69, 9.17) is 4.11 Å². The molecule has 4 rings (SSSR count).